The SMILES string of the molecule is O=C(O)CNC(=O)CN1CCOCCOCCN(CC(=O)NCC(=O)O)CCOCCOCC1. The van der Waals surface area contributed by atoms with Crippen molar-refractivity contribution in [2.24, 2.45) is 0 Å². The summed E-state index contributed by atoms with van der Waals surface area (Å²) in [5.41, 5.74) is 0. The zero-order valence-corrected chi connectivity index (χ0v) is 19.4. The highest BCUT2D eigenvalue weighted by Crippen LogP contribution is 1.94. The molecule has 1 fully saturated rings. The van der Waals surface area contributed by atoms with Gasteiger partial charge in [0.2, 0.25) is 11.8 Å². The lowest BCUT2D eigenvalue weighted by Gasteiger charge is -2.23. The fraction of sp³-hybridized carbons (Fsp3) is 0.800. The van der Waals surface area contributed by atoms with Crippen LogP contribution in [-0.2, 0) is 38.1 Å². The first-order valence-corrected chi connectivity index (χ1v) is 11.1. The highest BCUT2D eigenvalue weighted by atomic mass is 16.5. The smallest absolute Gasteiger partial charge is 0.322 e. The van der Waals surface area contributed by atoms with Crippen molar-refractivity contribution in [3.8, 4) is 0 Å². The van der Waals surface area contributed by atoms with E-state index in [1.165, 1.54) is 0 Å². The van der Waals surface area contributed by atoms with Crippen molar-refractivity contribution in [1.82, 2.24) is 20.4 Å². The predicted octanol–water partition coefficient (Wildman–Crippen LogP) is -2.93. The quantitative estimate of drug-likeness (QED) is 0.272. The van der Waals surface area contributed by atoms with E-state index in [4.69, 9.17) is 29.2 Å². The van der Waals surface area contributed by atoms with E-state index in [1.54, 1.807) is 0 Å². The second-order valence-electron chi connectivity index (χ2n) is 7.34. The number of carboxylic acid groups (broad SMARTS) is 2. The van der Waals surface area contributed by atoms with Crippen molar-refractivity contribution >= 4 is 23.8 Å². The molecule has 0 bridgehead atoms. The molecule has 0 aromatic carbocycles. The Kier molecular flexibility index (Phi) is 16.6. The van der Waals surface area contributed by atoms with Crippen molar-refractivity contribution in [2.45, 2.75) is 0 Å². The minimum atomic E-state index is -1.11. The van der Waals surface area contributed by atoms with Gasteiger partial charge in [-0.3, -0.25) is 29.0 Å². The predicted molar refractivity (Wildman–Crippen MR) is 117 cm³/mol. The molecule has 0 aromatic rings. The summed E-state index contributed by atoms with van der Waals surface area (Å²) < 4.78 is 22.2. The number of hydrogen-bond acceptors (Lipinski definition) is 10. The lowest BCUT2D eigenvalue weighted by molar-refractivity contribution is -0.138. The maximum Gasteiger partial charge on any atom is 0.322 e. The summed E-state index contributed by atoms with van der Waals surface area (Å²) in [6, 6.07) is 0. The lowest BCUT2D eigenvalue weighted by Crippen LogP contribution is -2.42. The molecular formula is C20H36N4O10. The molecule has 1 aliphatic rings. The summed E-state index contributed by atoms with van der Waals surface area (Å²) in [6.07, 6.45) is 0. The summed E-state index contributed by atoms with van der Waals surface area (Å²) in [5, 5.41) is 22.0. The van der Waals surface area contributed by atoms with Crippen LogP contribution in [-0.4, -0.2) is 149 Å². The number of carbonyl (C=O) groups excluding carboxylic acids is 2. The molecule has 34 heavy (non-hydrogen) atoms. The molecule has 0 spiro atoms. The molecule has 0 unspecified atom stereocenters. The average Bonchev–Trinajstić information content (AvgIpc) is 2.78. The Labute approximate surface area is 198 Å². The first-order chi connectivity index (χ1) is 16.4. The molecule has 1 heterocycles. The number of rotatable bonds is 8. The summed E-state index contributed by atoms with van der Waals surface area (Å²) in [7, 11) is 0. The fourth-order valence-electron chi connectivity index (χ4n) is 2.82. The van der Waals surface area contributed by atoms with Crippen molar-refractivity contribution in [3.05, 3.63) is 0 Å². The number of carbonyl (C=O) groups is 4. The lowest BCUT2D eigenvalue weighted by atomic mass is 10.4. The van der Waals surface area contributed by atoms with Crippen molar-refractivity contribution in [2.75, 3.05) is 105 Å². The molecule has 14 nitrogen and oxygen atoms in total. The highest BCUT2D eigenvalue weighted by molar-refractivity contribution is 5.83. The standard InChI is InChI=1S/C20H36N4O10/c25-17(21-13-19(27)28)15-23-1-5-31-9-10-33-7-3-24(16-18(26)22-14-20(29)30)4-8-34-12-11-32-6-2-23/h1-16H2,(H,21,25)(H,22,26)(H,27,28)(H,29,30). The Hall–Kier alpha value is -2.36. The number of amides is 2. The van der Waals surface area contributed by atoms with E-state index in [2.05, 4.69) is 10.6 Å². The maximum atomic E-state index is 11.9. The largest absolute Gasteiger partial charge is 0.480 e. The van der Waals surface area contributed by atoms with Crippen molar-refractivity contribution in [3.63, 3.8) is 0 Å². The summed E-state index contributed by atoms with van der Waals surface area (Å²) >= 11 is 0. The second-order valence-corrected chi connectivity index (χ2v) is 7.34. The van der Waals surface area contributed by atoms with Crippen LogP contribution < -0.4 is 10.6 Å². The van der Waals surface area contributed by atoms with E-state index in [1.807, 2.05) is 9.80 Å². The Morgan fingerprint density at radius 2 is 0.853 bits per heavy atom. The molecule has 1 aliphatic heterocycles. The Balaban J connectivity index is 2.44. The summed E-state index contributed by atoms with van der Waals surface area (Å²) in [5.74, 6) is -3.00. The maximum absolute atomic E-state index is 11.9. The van der Waals surface area contributed by atoms with E-state index in [-0.39, 0.29) is 13.1 Å². The second kappa shape index (κ2) is 19.0. The Morgan fingerprint density at radius 1 is 0.559 bits per heavy atom. The first-order valence-electron chi connectivity index (χ1n) is 11.1. The van der Waals surface area contributed by atoms with Crippen LogP contribution in [0.5, 0.6) is 0 Å². The van der Waals surface area contributed by atoms with Gasteiger partial charge in [-0.25, -0.2) is 0 Å². The molecule has 0 saturated carbocycles. The molecule has 2 amide bonds. The Morgan fingerprint density at radius 3 is 1.12 bits per heavy atom. The van der Waals surface area contributed by atoms with Crippen LogP contribution in [0.3, 0.4) is 0 Å². The first kappa shape index (κ1) is 29.7. The van der Waals surface area contributed by atoms with E-state index in [9.17, 15) is 19.2 Å². The molecule has 0 aromatic heterocycles. The molecule has 0 atom stereocenters. The number of aliphatic carboxylic acids is 2. The molecule has 4 N–H and O–H groups in total. The summed E-state index contributed by atoms with van der Waals surface area (Å²) in [4.78, 5) is 48.6. The third-order valence-corrected chi connectivity index (χ3v) is 4.56. The van der Waals surface area contributed by atoms with Crippen LogP contribution in [0.25, 0.3) is 0 Å². The zero-order valence-electron chi connectivity index (χ0n) is 19.4. The van der Waals surface area contributed by atoms with Crippen LogP contribution in [0, 0.1) is 0 Å². The number of ether oxygens (including phenoxy) is 4. The van der Waals surface area contributed by atoms with Gasteiger partial charge in [-0.2, -0.15) is 0 Å². The topological polar surface area (TPSA) is 176 Å². The van der Waals surface area contributed by atoms with Gasteiger partial charge in [-0.15, -0.1) is 0 Å². The van der Waals surface area contributed by atoms with E-state index < -0.39 is 36.8 Å². The van der Waals surface area contributed by atoms with Gasteiger partial charge in [0.05, 0.1) is 65.9 Å². The van der Waals surface area contributed by atoms with Crippen LogP contribution in [0.2, 0.25) is 0 Å². The van der Waals surface area contributed by atoms with Crippen molar-refractivity contribution in [1.29, 1.82) is 0 Å². The van der Waals surface area contributed by atoms with Gasteiger partial charge in [0.15, 0.2) is 0 Å². The van der Waals surface area contributed by atoms with Gasteiger partial charge in [0, 0.05) is 26.2 Å². The molecular weight excluding hydrogens is 456 g/mol. The number of nitrogens with one attached hydrogen (secondary N) is 2. The normalized spacial score (nSPS) is 18.8. The highest BCUT2D eigenvalue weighted by Gasteiger charge is 2.13. The number of hydrogen-bond donors (Lipinski definition) is 4. The number of nitrogens with zero attached hydrogens (tertiary/aromatic N) is 2. The van der Waals surface area contributed by atoms with E-state index >= 15 is 0 Å². The molecule has 196 valence electrons. The van der Waals surface area contributed by atoms with Gasteiger partial charge in [-0.1, -0.05) is 0 Å². The third kappa shape index (κ3) is 17.2. The van der Waals surface area contributed by atoms with Gasteiger partial charge < -0.3 is 39.8 Å². The monoisotopic (exact) mass is 492 g/mol. The van der Waals surface area contributed by atoms with Gasteiger partial charge in [0.1, 0.15) is 13.1 Å². The number of carboxylic acids is 2. The van der Waals surface area contributed by atoms with Crippen LogP contribution in [0.4, 0.5) is 0 Å². The summed E-state index contributed by atoms with van der Waals surface area (Å²) in [6.45, 7) is 3.83. The van der Waals surface area contributed by atoms with Crippen LogP contribution in [0.1, 0.15) is 0 Å². The molecule has 0 aliphatic carbocycles. The minimum Gasteiger partial charge on any atom is -0.480 e. The molecule has 0 radical (unpaired) electrons. The van der Waals surface area contributed by atoms with Gasteiger partial charge >= 0.3 is 11.9 Å². The minimum absolute atomic E-state index is 0.0306. The third-order valence-electron chi connectivity index (χ3n) is 4.56. The van der Waals surface area contributed by atoms with E-state index in [0.717, 1.165) is 0 Å². The molecule has 1 rings (SSSR count). The van der Waals surface area contributed by atoms with E-state index in [0.29, 0.717) is 79.0 Å². The Bertz CT molecular complexity index is 550. The molecule has 14 heteroatoms. The van der Waals surface area contributed by atoms with Crippen LogP contribution in [0.15, 0.2) is 0 Å². The molecule has 1 saturated heterocycles. The van der Waals surface area contributed by atoms with Crippen LogP contribution >= 0.6 is 0 Å². The zero-order chi connectivity index (χ0) is 25.0. The van der Waals surface area contributed by atoms with Gasteiger partial charge in [0.25, 0.3) is 0 Å². The fourth-order valence-corrected chi connectivity index (χ4v) is 2.82. The van der Waals surface area contributed by atoms with Crippen molar-refractivity contribution < 1.29 is 48.3 Å². The average molecular weight is 493 g/mol. The van der Waals surface area contributed by atoms with Gasteiger partial charge in [-0.05, 0) is 0 Å².